The van der Waals surface area contributed by atoms with E-state index in [1.165, 1.54) is 19.2 Å². The lowest BCUT2D eigenvalue weighted by Gasteiger charge is -2.05. The van der Waals surface area contributed by atoms with Crippen LogP contribution in [0.4, 0.5) is 5.69 Å². The number of hydrogen-bond acceptors (Lipinski definition) is 4. The summed E-state index contributed by atoms with van der Waals surface area (Å²) < 4.78 is 4.72. The van der Waals surface area contributed by atoms with E-state index in [1.807, 2.05) is 41.5 Å². The van der Waals surface area contributed by atoms with Gasteiger partial charge in [0, 0.05) is 12.1 Å². The van der Waals surface area contributed by atoms with Crippen LogP contribution in [0.15, 0.2) is 12.1 Å². The highest BCUT2D eigenvalue weighted by molar-refractivity contribution is 5.62. The molecule has 0 aromatic heterocycles. The molecular weight excluding hydrogens is 218 g/mol. The van der Waals surface area contributed by atoms with E-state index >= 15 is 0 Å². The molecule has 0 saturated heterocycles. The van der Waals surface area contributed by atoms with Crippen molar-refractivity contribution in [3.05, 3.63) is 12.1 Å². The third-order valence-electron chi connectivity index (χ3n) is 1.31. The first kappa shape index (κ1) is 20.8. The number of phenols is 2. The van der Waals surface area contributed by atoms with Crippen molar-refractivity contribution in [1.82, 2.24) is 0 Å². The molecule has 0 atom stereocenters. The van der Waals surface area contributed by atoms with E-state index in [4.69, 9.17) is 20.7 Å². The van der Waals surface area contributed by atoms with E-state index in [0.717, 1.165) is 0 Å². The van der Waals surface area contributed by atoms with Crippen LogP contribution in [0.3, 0.4) is 0 Å². The lowest BCUT2D eigenvalue weighted by molar-refractivity contribution is 0.370. The van der Waals surface area contributed by atoms with Crippen molar-refractivity contribution in [3.63, 3.8) is 0 Å². The number of aromatic hydroxyl groups is 2. The van der Waals surface area contributed by atoms with Gasteiger partial charge < -0.3 is 20.7 Å². The summed E-state index contributed by atoms with van der Waals surface area (Å²) in [6, 6.07) is 2.53. The number of phenolic OH excluding ortho intramolecular Hbond substituents is 2. The average Bonchev–Trinajstić information content (AvgIpc) is 2.41. The molecule has 102 valence electrons. The number of benzene rings is 1. The van der Waals surface area contributed by atoms with Crippen molar-refractivity contribution < 1.29 is 14.9 Å². The lowest BCUT2D eigenvalue weighted by Crippen LogP contribution is -1.89. The Hall–Kier alpha value is -1.58. The smallest absolute Gasteiger partial charge is 0.181 e. The van der Waals surface area contributed by atoms with E-state index < -0.39 is 0 Å². The summed E-state index contributed by atoms with van der Waals surface area (Å²) in [6.07, 6.45) is 0. The largest absolute Gasteiger partial charge is 0.508 e. The first-order valence-corrected chi connectivity index (χ1v) is 6.00. The van der Waals surface area contributed by atoms with Gasteiger partial charge in [0.25, 0.3) is 0 Å². The molecule has 4 N–H and O–H groups in total. The molecule has 0 radical (unpaired) electrons. The van der Waals surface area contributed by atoms with Gasteiger partial charge in [-0.25, -0.2) is 0 Å². The van der Waals surface area contributed by atoms with Gasteiger partial charge in [0.15, 0.2) is 11.5 Å². The molecule has 1 rings (SSSR count). The predicted octanol–water partition coefficient (Wildman–Crippen LogP) is 3.77. The van der Waals surface area contributed by atoms with Gasteiger partial charge in [0.1, 0.15) is 5.75 Å². The standard InChI is InChI=1S/C7H9NO3.3C2H6/c1-11-6-3-4(9)2-5(8)7(6)10;3*1-2/h2-3,9-10H,8H2,1H3;3*1-2H3. The van der Waals surface area contributed by atoms with Gasteiger partial charge >= 0.3 is 0 Å². The topological polar surface area (TPSA) is 75.7 Å². The third kappa shape index (κ3) is 8.25. The SMILES string of the molecule is CC.CC.CC.COc1cc(O)cc(N)c1O. The second-order valence-corrected chi connectivity index (χ2v) is 2.09. The number of anilines is 1. The molecule has 0 fully saturated rings. The van der Waals surface area contributed by atoms with Crippen molar-refractivity contribution in [1.29, 1.82) is 0 Å². The number of nitrogen functional groups attached to an aromatic ring is 1. The molecule has 1 aromatic rings. The molecule has 0 spiro atoms. The second kappa shape index (κ2) is 14.4. The molecular formula is C13H27NO3. The molecule has 0 unspecified atom stereocenters. The van der Waals surface area contributed by atoms with Crippen molar-refractivity contribution in [2.45, 2.75) is 41.5 Å². The molecule has 0 amide bonds. The van der Waals surface area contributed by atoms with Crippen LogP contribution in [0.2, 0.25) is 0 Å². The normalized spacial score (nSPS) is 7.24. The summed E-state index contributed by atoms with van der Waals surface area (Å²) in [4.78, 5) is 0. The first-order chi connectivity index (χ1) is 8.15. The molecule has 4 nitrogen and oxygen atoms in total. The summed E-state index contributed by atoms with van der Waals surface area (Å²) in [5, 5.41) is 18.1. The first-order valence-electron chi connectivity index (χ1n) is 6.00. The maximum absolute atomic E-state index is 9.16. The van der Waals surface area contributed by atoms with Gasteiger partial charge in [0.2, 0.25) is 0 Å². The molecule has 4 heteroatoms. The van der Waals surface area contributed by atoms with Gasteiger partial charge in [-0.05, 0) is 0 Å². The molecule has 0 aliphatic heterocycles. The molecule has 0 aliphatic carbocycles. The zero-order valence-corrected chi connectivity index (χ0v) is 12.0. The molecule has 0 saturated carbocycles. The van der Waals surface area contributed by atoms with Crippen molar-refractivity contribution in [2.24, 2.45) is 0 Å². The summed E-state index contributed by atoms with van der Waals surface area (Å²) in [5.41, 5.74) is 5.41. The van der Waals surface area contributed by atoms with Crippen LogP contribution in [-0.4, -0.2) is 17.3 Å². The summed E-state index contributed by atoms with van der Waals surface area (Å²) in [7, 11) is 1.38. The minimum Gasteiger partial charge on any atom is -0.508 e. The van der Waals surface area contributed by atoms with E-state index in [2.05, 4.69) is 0 Å². The van der Waals surface area contributed by atoms with Crippen molar-refractivity contribution >= 4 is 5.69 Å². The van der Waals surface area contributed by atoms with Gasteiger partial charge in [-0.3, -0.25) is 0 Å². The Balaban J connectivity index is -0.000000285. The van der Waals surface area contributed by atoms with Gasteiger partial charge in [-0.2, -0.15) is 0 Å². The number of nitrogens with two attached hydrogens (primary N) is 1. The number of rotatable bonds is 1. The highest BCUT2D eigenvalue weighted by atomic mass is 16.5. The van der Waals surface area contributed by atoms with Crippen molar-refractivity contribution in [2.75, 3.05) is 12.8 Å². The van der Waals surface area contributed by atoms with Gasteiger partial charge in [-0.1, -0.05) is 41.5 Å². The Morgan fingerprint density at radius 3 is 1.71 bits per heavy atom. The number of ether oxygens (including phenoxy) is 1. The van der Waals surface area contributed by atoms with E-state index in [0.29, 0.717) is 0 Å². The summed E-state index contributed by atoms with van der Waals surface area (Å²) in [6.45, 7) is 12.0. The zero-order valence-electron chi connectivity index (χ0n) is 12.0. The fourth-order valence-corrected chi connectivity index (χ4v) is 0.770. The minimum atomic E-state index is -0.148. The maximum atomic E-state index is 9.16. The number of hydrogen-bond donors (Lipinski definition) is 3. The molecule has 0 bridgehead atoms. The fourth-order valence-electron chi connectivity index (χ4n) is 0.770. The minimum absolute atomic E-state index is 0.0304. The van der Waals surface area contributed by atoms with E-state index in [-0.39, 0.29) is 22.9 Å². The number of methoxy groups -OCH3 is 1. The molecule has 17 heavy (non-hydrogen) atoms. The van der Waals surface area contributed by atoms with Crippen LogP contribution >= 0.6 is 0 Å². The highest BCUT2D eigenvalue weighted by Crippen LogP contribution is 2.35. The van der Waals surface area contributed by atoms with E-state index in [9.17, 15) is 0 Å². The van der Waals surface area contributed by atoms with Crippen LogP contribution in [0.1, 0.15) is 41.5 Å². The Morgan fingerprint density at radius 1 is 0.941 bits per heavy atom. The zero-order chi connectivity index (χ0) is 14.4. The maximum Gasteiger partial charge on any atom is 0.181 e. The monoisotopic (exact) mass is 245 g/mol. The quantitative estimate of drug-likeness (QED) is 0.400. The van der Waals surface area contributed by atoms with Crippen LogP contribution in [-0.2, 0) is 0 Å². The van der Waals surface area contributed by atoms with E-state index in [1.54, 1.807) is 0 Å². The highest BCUT2D eigenvalue weighted by Gasteiger charge is 2.06. The molecule has 1 aromatic carbocycles. The predicted molar refractivity (Wildman–Crippen MR) is 74.8 cm³/mol. The second-order valence-electron chi connectivity index (χ2n) is 2.09. The molecule has 0 aliphatic rings. The van der Waals surface area contributed by atoms with Crippen molar-refractivity contribution in [3.8, 4) is 17.2 Å². The lowest BCUT2D eigenvalue weighted by atomic mass is 10.2. The van der Waals surface area contributed by atoms with Crippen LogP contribution < -0.4 is 10.5 Å². The van der Waals surface area contributed by atoms with Crippen LogP contribution in [0.25, 0.3) is 0 Å². The van der Waals surface area contributed by atoms with Crippen LogP contribution in [0.5, 0.6) is 17.2 Å². The van der Waals surface area contributed by atoms with Crippen LogP contribution in [0, 0.1) is 0 Å². The molecule has 0 heterocycles. The Morgan fingerprint density at radius 2 is 1.35 bits per heavy atom. The average molecular weight is 245 g/mol. The summed E-state index contributed by atoms with van der Waals surface area (Å²) >= 11 is 0. The van der Waals surface area contributed by atoms with Gasteiger partial charge in [-0.15, -0.1) is 0 Å². The Kier molecular flexibility index (Phi) is 17.6. The summed E-state index contributed by atoms with van der Waals surface area (Å²) in [5.74, 6) is -0.00931. The Bertz CT molecular complexity index is 276. The van der Waals surface area contributed by atoms with Gasteiger partial charge in [0.05, 0.1) is 12.8 Å². The Labute approximate surface area is 105 Å². The fraction of sp³-hybridized carbons (Fsp3) is 0.538. The third-order valence-corrected chi connectivity index (χ3v) is 1.31.